The van der Waals surface area contributed by atoms with Gasteiger partial charge in [0.1, 0.15) is 12.3 Å². The molecule has 0 saturated heterocycles. The van der Waals surface area contributed by atoms with Crippen molar-refractivity contribution >= 4 is 12.2 Å². The van der Waals surface area contributed by atoms with Gasteiger partial charge in [0.25, 0.3) is 0 Å². The van der Waals surface area contributed by atoms with E-state index in [1.165, 1.54) is 14.0 Å². The molecule has 10 heavy (non-hydrogen) atoms. The van der Waals surface area contributed by atoms with Crippen LogP contribution in [-0.2, 0) is 14.3 Å². The van der Waals surface area contributed by atoms with Crippen molar-refractivity contribution in [2.45, 2.75) is 13.0 Å². The SMILES string of the molecule is COCC(C=O)NC(C)=O. The standard InChI is InChI=1S/C6H11NO3/c1-5(9)7-6(3-8)4-10-2/h3,6H,4H2,1-2H3,(H,7,9). The molecule has 1 atom stereocenters. The summed E-state index contributed by atoms with van der Waals surface area (Å²) in [5, 5.41) is 2.40. The number of nitrogens with one attached hydrogen (secondary N) is 1. The van der Waals surface area contributed by atoms with E-state index in [0.717, 1.165) is 0 Å². The molecule has 0 radical (unpaired) electrons. The maximum atomic E-state index is 10.4. The quantitative estimate of drug-likeness (QED) is 0.534. The molecule has 1 unspecified atom stereocenters. The summed E-state index contributed by atoms with van der Waals surface area (Å²) in [5.74, 6) is -0.228. The Kier molecular flexibility index (Phi) is 4.49. The molecule has 0 aliphatic carbocycles. The van der Waals surface area contributed by atoms with Gasteiger partial charge in [-0.25, -0.2) is 0 Å². The Balaban J connectivity index is 3.59. The average Bonchev–Trinajstić information content (AvgIpc) is 1.86. The largest absolute Gasteiger partial charge is 0.382 e. The monoisotopic (exact) mass is 145 g/mol. The van der Waals surface area contributed by atoms with Crippen LogP contribution in [-0.4, -0.2) is 32.0 Å². The zero-order chi connectivity index (χ0) is 7.98. The van der Waals surface area contributed by atoms with Gasteiger partial charge in [-0.1, -0.05) is 0 Å². The van der Waals surface area contributed by atoms with Crippen LogP contribution in [0.5, 0.6) is 0 Å². The Bertz CT molecular complexity index is 124. The van der Waals surface area contributed by atoms with Crippen molar-refractivity contribution in [3.63, 3.8) is 0 Å². The van der Waals surface area contributed by atoms with Crippen LogP contribution in [0.25, 0.3) is 0 Å². The van der Waals surface area contributed by atoms with Crippen LogP contribution in [0.15, 0.2) is 0 Å². The lowest BCUT2D eigenvalue weighted by Gasteiger charge is -2.08. The maximum Gasteiger partial charge on any atom is 0.217 e. The Morgan fingerprint density at radius 2 is 2.40 bits per heavy atom. The number of carbonyl (C=O) groups excluding carboxylic acids is 2. The van der Waals surface area contributed by atoms with Gasteiger partial charge in [0.15, 0.2) is 0 Å². The molecule has 0 aromatic heterocycles. The lowest BCUT2D eigenvalue weighted by atomic mass is 10.3. The highest BCUT2D eigenvalue weighted by Gasteiger charge is 2.05. The van der Waals surface area contributed by atoms with Crippen LogP contribution >= 0.6 is 0 Å². The van der Waals surface area contributed by atoms with Crippen LogP contribution in [0, 0.1) is 0 Å². The topological polar surface area (TPSA) is 55.4 Å². The molecule has 0 aliphatic heterocycles. The third-order valence-electron chi connectivity index (χ3n) is 0.899. The predicted octanol–water partition coefficient (Wildman–Crippen LogP) is -0.664. The van der Waals surface area contributed by atoms with Crippen molar-refractivity contribution in [3.8, 4) is 0 Å². The summed E-state index contributed by atoms with van der Waals surface area (Å²) in [6.07, 6.45) is 0.644. The van der Waals surface area contributed by atoms with E-state index in [1.54, 1.807) is 0 Å². The van der Waals surface area contributed by atoms with E-state index >= 15 is 0 Å². The van der Waals surface area contributed by atoms with Gasteiger partial charge in [-0.3, -0.25) is 4.79 Å². The van der Waals surface area contributed by atoms with Crippen LogP contribution in [0.1, 0.15) is 6.92 Å². The highest BCUT2D eigenvalue weighted by Crippen LogP contribution is 1.78. The minimum atomic E-state index is -0.512. The third-order valence-corrected chi connectivity index (χ3v) is 0.899. The first kappa shape index (κ1) is 9.10. The molecule has 4 nitrogen and oxygen atoms in total. The van der Waals surface area contributed by atoms with Gasteiger partial charge in [-0.2, -0.15) is 0 Å². The minimum absolute atomic E-state index is 0.225. The molecule has 0 bridgehead atoms. The van der Waals surface area contributed by atoms with Crippen LogP contribution in [0.3, 0.4) is 0 Å². The molecule has 0 rings (SSSR count). The van der Waals surface area contributed by atoms with E-state index in [-0.39, 0.29) is 12.5 Å². The van der Waals surface area contributed by atoms with Gasteiger partial charge in [0.2, 0.25) is 5.91 Å². The number of aldehydes is 1. The number of amides is 1. The van der Waals surface area contributed by atoms with Gasteiger partial charge < -0.3 is 14.8 Å². The number of rotatable bonds is 4. The van der Waals surface area contributed by atoms with Gasteiger partial charge >= 0.3 is 0 Å². The fraction of sp³-hybridized carbons (Fsp3) is 0.667. The Morgan fingerprint density at radius 1 is 1.80 bits per heavy atom. The van der Waals surface area contributed by atoms with Crippen LogP contribution in [0.2, 0.25) is 0 Å². The Morgan fingerprint density at radius 3 is 2.70 bits per heavy atom. The van der Waals surface area contributed by atoms with Gasteiger partial charge in [-0.05, 0) is 0 Å². The molecular formula is C6H11NO3. The second-order valence-corrected chi connectivity index (χ2v) is 1.90. The fourth-order valence-electron chi connectivity index (χ4n) is 0.556. The summed E-state index contributed by atoms with van der Waals surface area (Å²) in [6, 6.07) is -0.512. The molecule has 58 valence electrons. The summed E-state index contributed by atoms with van der Waals surface area (Å²) in [5.41, 5.74) is 0. The molecule has 0 spiro atoms. The average molecular weight is 145 g/mol. The number of hydrogen-bond donors (Lipinski definition) is 1. The zero-order valence-electron chi connectivity index (χ0n) is 6.09. The second-order valence-electron chi connectivity index (χ2n) is 1.90. The van der Waals surface area contributed by atoms with E-state index in [0.29, 0.717) is 6.29 Å². The zero-order valence-corrected chi connectivity index (χ0v) is 6.09. The fourth-order valence-corrected chi connectivity index (χ4v) is 0.556. The maximum absolute atomic E-state index is 10.4. The van der Waals surface area contributed by atoms with Gasteiger partial charge in [-0.15, -0.1) is 0 Å². The molecular weight excluding hydrogens is 134 g/mol. The van der Waals surface area contributed by atoms with Crippen molar-refractivity contribution in [3.05, 3.63) is 0 Å². The number of ether oxygens (including phenoxy) is 1. The number of carbonyl (C=O) groups is 2. The van der Waals surface area contributed by atoms with Crippen molar-refractivity contribution in [1.29, 1.82) is 0 Å². The molecule has 4 heteroatoms. The second kappa shape index (κ2) is 4.93. The molecule has 0 aromatic rings. The summed E-state index contributed by atoms with van der Waals surface area (Å²) in [6.45, 7) is 1.58. The van der Waals surface area contributed by atoms with E-state index in [1.807, 2.05) is 0 Å². The van der Waals surface area contributed by atoms with Crippen LogP contribution in [0.4, 0.5) is 0 Å². The van der Waals surface area contributed by atoms with Crippen molar-refractivity contribution in [1.82, 2.24) is 5.32 Å². The smallest absolute Gasteiger partial charge is 0.217 e. The summed E-state index contributed by atoms with van der Waals surface area (Å²) >= 11 is 0. The normalized spacial score (nSPS) is 12.2. The van der Waals surface area contributed by atoms with Crippen LogP contribution < -0.4 is 5.32 Å². The molecule has 1 amide bonds. The van der Waals surface area contributed by atoms with Gasteiger partial charge in [0, 0.05) is 14.0 Å². The van der Waals surface area contributed by atoms with E-state index in [2.05, 4.69) is 10.1 Å². The molecule has 0 aromatic carbocycles. The number of hydrogen-bond acceptors (Lipinski definition) is 3. The minimum Gasteiger partial charge on any atom is -0.382 e. The summed E-state index contributed by atoms with van der Waals surface area (Å²) < 4.78 is 4.65. The first-order chi connectivity index (χ1) is 4.70. The first-order valence-corrected chi connectivity index (χ1v) is 2.92. The summed E-state index contributed by atoms with van der Waals surface area (Å²) in [4.78, 5) is 20.5. The summed E-state index contributed by atoms with van der Waals surface area (Å²) in [7, 11) is 1.47. The number of methoxy groups -OCH3 is 1. The lowest BCUT2D eigenvalue weighted by molar-refractivity contribution is -0.123. The Hall–Kier alpha value is -0.900. The van der Waals surface area contributed by atoms with E-state index < -0.39 is 6.04 Å². The molecule has 0 fully saturated rings. The highest BCUT2D eigenvalue weighted by molar-refractivity contribution is 5.77. The van der Waals surface area contributed by atoms with Gasteiger partial charge in [0.05, 0.1) is 6.61 Å². The highest BCUT2D eigenvalue weighted by atomic mass is 16.5. The van der Waals surface area contributed by atoms with Crippen molar-refractivity contribution in [2.24, 2.45) is 0 Å². The lowest BCUT2D eigenvalue weighted by Crippen LogP contribution is -2.37. The van der Waals surface area contributed by atoms with E-state index in [9.17, 15) is 9.59 Å². The predicted molar refractivity (Wildman–Crippen MR) is 35.5 cm³/mol. The molecule has 0 heterocycles. The molecule has 0 aliphatic rings. The van der Waals surface area contributed by atoms with Crippen molar-refractivity contribution in [2.75, 3.05) is 13.7 Å². The third kappa shape index (κ3) is 4.03. The van der Waals surface area contributed by atoms with E-state index in [4.69, 9.17) is 0 Å². The van der Waals surface area contributed by atoms with Crippen molar-refractivity contribution < 1.29 is 14.3 Å². The Labute approximate surface area is 59.6 Å². The molecule has 1 N–H and O–H groups in total. The first-order valence-electron chi connectivity index (χ1n) is 2.92. The molecule has 0 saturated carbocycles.